The maximum absolute atomic E-state index is 13.3. The number of ether oxygens (including phenoxy) is 1. The molecule has 1 N–H and O–H groups in total. The molecule has 0 aromatic heterocycles. The average molecular weight is 597 g/mol. The van der Waals surface area contributed by atoms with Crippen LogP contribution in [0.1, 0.15) is 67.4 Å². The van der Waals surface area contributed by atoms with Crippen molar-refractivity contribution in [1.82, 2.24) is 4.72 Å². The normalized spacial score (nSPS) is 32.0. The van der Waals surface area contributed by atoms with Gasteiger partial charge < -0.3 is 9.64 Å². The van der Waals surface area contributed by atoms with Crippen molar-refractivity contribution in [2.24, 2.45) is 17.8 Å². The zero-order valence-corrected chi connectivity index (χ0v) is 25.1. The van der Waals surface area contributed by atoms with E-state index in [0.717, 1.165) is 42.8 Å². The molecule has 9 heteroatoms. The number of hydrogen-bond acceptors (Lipinski definition) is 6. The Morgan fingerprint density at radius 2 is 1.93 bits per heavy atom. The van der Waals surface area contributed by atoms with Crippen LogP contribution in [0.25, 0.3) is 0 Å². The Labute approximate surface area is 247 Å². The van der Waals surface area contributed by atoms with E-state index in [-0.39, 0.29) is 34.5 Å². The second-order valence-electron chi connectivity index (χ2n) is 12.4. The lowest BCUT2D eigenvalue weighted by Crippen LogP contribution is -2.49. The molecular formula is C32H37ClN2O5S. The summed E-state index contributed by atoms with van der Waals surface area (Å²) >= 11 is 6.37. The molecule has 1 saturated carbocycles. The highest BCUT2D eigenvalue weighted by molar-refractivity contribution is 7.90. The Morgan fingerprint density at radius 3 is 2.71 bits per heavy atom. The Hall–Kier alpha value is -2.84. The number of carbonyl (C=O) groups is 2. The van der Waals surface area contributed by atoms with Crippen LogP contribution in [-0.2, 0) is 26.7 Å². The fourth-order valence-electron chi connectivity index (χ4n) is 7.00. The second-order valence-corrected chi connectivity index (χ2v) is 14.9. The number of rotatable bonds is 0. The molecule has 4 aliphatic rings. The zero-order chi connectivity index (χ0) is 28.9. The summed E-state index contributed by atoms with van der Waals surface area (Å²) in [4.78, 5) is 28.8. The molecule has 5 atom stereocenters. The maximum atomic E-state index is 13.3. The van der Waals surface area contributed by atoms with Crippen molar-refractivity contribution in [2.75, 3.05) is 24.6 Å². The molecule has 1 amide bonds. The van der Waals surface area contributed by atoms with Crippen molar-refractivity contribution in [2.45, 2.75) is 63.0 Å². The number of benzene rings is 2. The average Bonchev–Trinajstić information content (AvgIpc) is 3.06. The number of amides is 1. The smallest absolute Gasteiger partial charge is 0.264 e. The van der Waals surface area contributed by atoms with Crippen LogP contribution in [0.3, 0.4) is 0 Å². The lowest BCUT2D eigenvalue weighted by Gasteiger charge is -2.44. The molecule has 6 rings (SSSR count). The van der Waals surface area contributed by atoms with Gasteiger partial charge >= 0.3 is 0 Å². The fraction of sp³-hybridized carbons (Fsp3) is 0.500. The van der Waals surface area contributed by atoms with Gasteiger partial charge in [0.2, 0.25) is 10.0 Å². The van der Waals surface area contributed by atoms with E-state index in [9.17, 15) is 18.0 Å². The number of carbonyl (C=O) groups excluding carboxylic acids is 2. The van der Waals surface area contributed by atoms with Crippen LogP contribution in [0.2, 0.25) is 5.02 Å². The van der Waals surface area contributed by atoms with Gasteiger partial charge in [0.15, 0.2) is 5.78 Å². The number of allylic oxidation sites excluding steroid dienone is 2. The largest absolute Gasteiger partial charge is 0.490 e. The lowest BCUT2D eigenvalue weighted by atomic mass is 9.68. The molecule has 2 aliphatic heterocycles. The van der Waals surface area contributed by atoms with Gasteiger partial charge in [0.25, 0.3) is 5.91 Å². The Balaban J connectivity index is 1.43. The number of aryl methyl sites for hydroxylation is 1. The van der Waals surface area contributed by atoms with E-state index >= 15 is 0 Å². The van der Waals surface area contributed by atoms with Crippen molar-refractivity contribution in [3.63, 3.8) is 0 Å². The summed E-state index contributed by atoms with van der Waals surface area (Å²) in [5, 5.41) is -0.0854. The lowest BCUT2D eigenvalue weighted by molar-refractivity contribution is -0.122. The van der Waals surface area contributed by atoms with Crippen molar-refractivity contribution >= 4 is 39.0 Å². The molecule has 7 nitrogen and oxygen atoms in total. The Kier molecular flexibility index (Phi) is 7.43. The van der Waals surface area contributed by atoms with Gasteiger partial charge in [-0.3, -0.25) is 9.59 Å². The van der Waals surface area contributed by atoms with E-state index in [1.165, 1.54) is 11.1 Å². The molecule has 1 spiro atoms. The summed E-state index contributed by atoms with van der Waals surface area (Å²) < 4.78 is 35.0. The summed E-state index contributed by atoms with van der Waals surface area (Å²) in [6, 6.07) is 11.3. The molecule has 2 aromatic rings. The third kappa shape index (κ3) is 5.29. The van der Waals surface area contributed by atoms with Crippen LogP contribution in [-0.4, -0.2) is 45.1 Å². The highest BCUT2D eigenvalue weighted by Gasteiger charge is 2.44. The first-order chi connectivity index (χ1) is 19.6. The van der Waals surface area contributed by atoms with Crippen LogP contribution in [0.15, 0.2) is 48.6 Å². The summed E-state index contributed by atoms with van der Waals surface area (Å²) in [7, 11) is -3.93. The number of fused-ring (bicyclic) bond motifs is 4. The molecule has 2 heterocycles. The fourth-order valence-corrected chi connectivity index (χ4v) is 8.48. The van der Waals surface area contributed by atoms with Crippen molar-refractivity contribution in [1.29, 1.82) is 0 Å². The number of sulfonamides is 1. The maximum Gasteiger partial charge on any atom is 0.264 e. The molecule has 41 heavy (non-hydrogen) atoms. The van der Waals surface area contributed by atoms with Crippen LogP contribution in [0.4, 0.5) is 5.69 Å². The van der Waals surface area contributed by atoms with Gasteiger partial charge in [-0.25, -0.2) is 13.1 Å². The van der Waals surface area contributed by atoms with Gasteiger partial charge in [-0.1, -0.05) is 30.7 Å². The van der Waals surface area contributed by atoms with E-state index in [1.807, 2.05) is 13.0 Å². The standard InChI is InChI=1S/C32H37ClN2O5S/c1-20-5-3-7-29(36)26-11-8-24(26)17-35-18-32(14-4-6-22-15-25(33)10-12-27(22)32)19-40-30-13-9-23(16-28(30)35)31(37)34-41(38,39)21(20)2/h3,7,9-10,12-13,15-16,20-21,24,26H,4-6,8,11,14,17-19H2,1-2H3,(H,34,37)/b7-3+/t20-,21+,24-,26+,32-/m0/s1. The second kappa shape index (κ2) is 10.8. The molecule has 218 valence electrons. The van der Waals surface area contributed by atoms with Crippen molar-refractivity contribution in [3.8, 4) is 5.75 Å². The minimum absolute atomic E-state index is 0.0666. The first kappa shape index (κ1) is 28.3. The predicted molar refractivity (Wildman–Crippen MR) is 160 cm³/mol. The number of nitrogens with zero attached hydrogens (tertiary/aromatic N) is 1. The molecular weight excluding hydrogens is 560 g/mol. The molecule has 2 aromatic carbocycles. The first-order valence-electron chi connectivity index (χ1n) is 14.6. The highest BCUT2D eigenvalue weighted by Crippen LogP contribution is 2.46. The van der Waals surface area contributed by atoms with Crippen molar-refractivity contribution < 1.29 is 22.7 Å². The number of ketones is 1. The highest BCUT2D eigenvalue weighted by atomic mass is 35.5. The van der Waals surface area contributed by atoms with E-state index in [4.69, 9.17) is 16.3 Å². The van der Waals surface area contributed by atoms with Crippen molar-refractivity contribution in [3.05, 3.63) is 70.3 Å². The number of halogens is 1. The number of anilines is 1. The molecule has 0 unspecified atom stereocenters. The van der Waals surface area contributed by atoms with Gasteiger partial charge in [-0.15, -0.1) is 0 Å². The van der Waals surface area contributed by atoms with E-state index in [1.54, 1.807) is 37.3 Å². The summed E-state index contributed by atoms with van der Waals surface area (Å²) in [6.07, 6.45) is 8.60. The van der Waals surface area contributed by atoms with E-state index in [0.29, 0.717) is 31.9 Å². The zero-order valence-electron chi connectivity index (χ0n) is 23.6. The molecule has 0 radical (unpaired) electrons. The summed E-state index contributed by atoms with van der Waals surface area (Å²) in [6.45, 7) is 5.23. The van der Waals surface area contributed by atoms with Crippen LogP contribution in [0, 0.1) is 17.8 Å². The van der Waals surface area contributed by atoms with Gasteiger partial charge in [-0.05, 0) is 105 Å². The van der Waals surface area contributed by atoms with Gasteiger partial charge in [0, 0.05) is 35.0 Å². The summed E-state index contributed by atoms with van der Waals surface area (Å²) in [5.74, 6) is -0.0319. The first-order valence-corrected chi connectivity index (χ1v) is 16.6. The molecule has 2 aliphatic carbocycles. The Morgan fingerprint density at radius 1 is 1.10 bits per heavy atom. The summed E-state index contributed by atoms with van der Waals surface area (Å²) in [5.41, 5.74) is 3.22. The van der Waals surface area contributed by atoms with E-state index < -0.39 is 21.2 Å². The monoisotopic (exact) mass is 596 g/mol. The predicted octanol–water partition coefficient (Wildman–Crippen LogP) is 5.45. The van der Waals surface area contributed by atoms with E-state index in [2.05, 4.69) is 21.8 Å². The topological polar surface area (TPSA) is 92.8 Å². The van der Waals surface area contributed by atoms with Crippen LogP contribution < -0.4 is 14.4 Å². The molecule has 2 bridgehead atoms. The van der Waals surface area contributed by atoms with Gasteiger partial charge in [-0.2, -0.15) is 0 Å². The van der Waals surface area contributed by atoms with Crippen LogP contribution >= 0.6 is 11.6 Å². The quantitative estimate of drug-likeness (QED) is 0.435. The third-order valence-corrected chi connectivity index (χ3v) is 12.0. The van der Waals surface area contributed by atoms with Gasteiger partial charge in [0.1, 0.15) is 5.75 Å². The third-order valence-electron chi connectivity index (χ3n) is 9.85. The van der Waals surface area contributed by atoms with Crippen LogP contribution in [0.5, 0.6) is 5.75 Å². The SMILES string of the molecule is C[C@@H]1[C@@H](C)C/C=C/C(=O)[C@@H]2CC[C@H]2CN2C[C@@]3(CCCc4cc(Cl)ccc43)COc3ccc(cc32)C(=O)NS1(=O)=O. The molecule has 0 saturated heterocycles. The van der Waals surface area contributed by atoms with Gasteiger partial charge in [0.05, 0.1) is 17.5 Å². The minimum atomic E-state index is -3.93. The number of hydrogen-bond donors (Lipinski definition) is 1. The Bertz CT molecular complexity index is 1520. The minimum Gasteiger partial charge on any atom is -0.490 e. The number of nitrogens with one attached hydrogen (secondary N) is 1. The molecule has 1 fully saturated rings.